The van der Waals surface area contributed by atoms with E-state index in [0.29, 0.717) is 24.9 Å². The molecule has 0 saturated carbocycles. The van der Waals surface area contributed by atoms with Crippen LogP contribution in [-0.4, -0.2) is 36.0 Å². The predicted molar refractivity (Wildman–Crippen MR) is 60.3 cm³/mol. The van der Waals surface area contributed by atoms with Crippen molar-refractivity contribution < 1.29 is 8.42 Å². The third-order valence-electron chi connectivity index (χ3n) is 2.95. The van der Waals surface area contributed by atoms with Gasteiger partial charge in [0.05, 0.1) is 6.20 Å². The molecule has 1 aromatic rings. The molecule has 1 saturated heterocycles. The van der Waals surface area contributed by atoms with Crippen LogP contribution in [0.5, 0.6) is 0 Å². The Kier molecular flexibility index (Phi) is 3.03. The number of rotatable bonds is 2. The Balaban J connectivity index is 2.24. The molecule has 0 bridgehead atoms. The first-order valence-electron chi connectivity index (χ1n) is 5.49. The van der Waals surface area contributed by atoms with Gasteiger partial charge in [0, 0.05) is 19.3 Å². The second-order valence-corrected chi connectivity index (χ2v) is 6.64. The average molecular weight is 243 g/mol. The van der Waals surface area contributed by atoms with Crippen LogP contribution in [-0.2, 0) is 10.0 Å². The summed E-state index contributed by atoms with van der Waals surface area (Å²) >= 11 is 0. The van der Waals surface area contributed by atoms with Gasteiger partial charge in [-0.15, -0.1) is 0 Å². The summed E-state index contributed by atoms with van der Waals surface area (Å²) in [7, 11) is -3.34. The molecule has 1 fully saturated rings. The van der Waals surface area contributed by atoms with Crippen molar-refractivity contribution in [1.82, 2.24) is 14.5 Å². The topological polar surface area (TPSA) is 66.1 Å². The van der Waals surface area contributed by atoms with E-state index >= 15 is 0 Å². The normalized spacial score (nSPS) is 28.1. The number of sulfonamides is 1. The summed E-state index contributed by atoms with van der Waals surface area (Å²) in [4.78, 5) is 0.258. The molecular weight excluding hydrogens is 226 g/mol. The van der Waals surface area contributed by atoms with E-state index in [1.54, 1.807) is 4.31 Å². The fraction of sp³-hybridized carbons (Fsp3) is 0.700. The zero-order valence-corrected chi connectivity index (χ0v) is 10.4. The van der Waals surface area contributed by atoms with Crippen molar-refractivity contribution >= 4 is 10.0 Å². The van der Waals surface area contributed by atoms with E-state index < -0.39 is 10.0 Å². The Labute approximate surface area is 95.9 Å². The third-order valence-corrected chi connectivity index (χ3v) is 4.74. The van der Waals surface area contributed by atoms with Crippen LogP contribution in [0.25, 0.3) is 0 Å². The largest absolute Gasteiger partial charge is 0.284 e. The van der Waals surface area contributed by atoms with Crippen LogP contribution in [0.4, 0.5) is 0 Å². The fourth-order valence-corrected chi connectivity index (χ4v) is 3.92. The number of nitrogens with zero attached hydrogens (tertiary/aromatic N) is 2. The number of piperidine rings is 1. The molecular formula is C10H17N3O2S. The van der Waals surface area contributed by atoms with Crippen LogP contribution in [0.1, 0.15) is 20.3 Å². The van der Waals surface area contributed by atoms with Gasteiger partial charge in [-0.3, -0.25) is 5.10 Å². The summed E-state index contributed by atoms with van der Waals surface area (Å²) in [5.41, 5.74) is 0. The summed E-state index contributed by atoms with van der Waals surface area (Å²) in [5, 5.41) is 6.23. The summed E-state index contributed by atoms with van der Waals surface area (Å²) in [5.74, 6) is 0.843. The van der Waals surface area contributed by atoms with Crippen molar-refractivity contribution in [3.8, 4) is 0 Å². The Morgan fingerprint density at radius 1 is 1.38 bits per heavy atom. The lowest BCUT2D eigenvalue weighted by Gasteiger charge is -2.33. The highest BCUT2D eigenvalue weighted by Crippen LogP contribution is 2.25. The van der Waals surface area contributed by atoms with Crippen LogP contribution < -0.4 is 0 Å². The van der Waals surface area contributed by atoms with Gasteiger partial charge in [-0.25, -0.2) is 8.42 Å². The summed E-state index contributed by atoms with van der Waals surface area (Å²) < 4.78 is 26.0. The fourth-order valence-electron chi connectivity index (χ4n) is 2.33. The first-order chi connectivity index (χ1) is 7.50. The van der Waals surface area contributed by atoms with Gasteiger partial charge in [0.1, 0.15) is 4.90 Å². The molecule has 0 aromatic carbocycles. The average Bonchev–Trinajstić information content (AvgIpc) is 2.69. The predicted octanol–water partition coefficient (Wildman–Crippen LogP) is 1.08. The van der Waals surface area contributed by atoms with Crippen molar-refractivity contribution in [3.05, 3.63) is 12.4 Å². The Bertz CT molecular complexity index is 431. The minimum absolute atomic E-state index is 0.258. The maximum Gasteiger partial charge on any atom is 0.246 e. The van der Waals surface area contributed by atoms with Gasteiger partial charge in [0.15, 0.2) is 0 Å². The molecule has 0 aliphatic carbocycles. The zero-order chi connectivity index (χ0) is 11.8. The minimum atomic E-state index is -3.34. The number of hydrogen-bond donors (Lipinski definition) is 1. The smallest absolute Gasteiger partial charge is 0.246 e. The molecule has 5 nitrogen and oxygen atoms in total. The monoisotopic (exact) mass is 243 g/mol. The van der Waals surface area contributed by atoms with Crippen molar-refractivity contribution in [2.24, 2.45) is 11.8 Å². The molecule has 0 radical (unpaired) electrons. The highest BCUT2D eigenvalue weighted by Gasteiger charge is 2.31. The van der Waals surface area contributed by atoms with Crippen molar-refractivity contribution in [1.29, 1.82) is 0 Å². The summed E-state index contributed by atoms with van der Waals surface area (Å²) in [6.07, 6.45) is 3.88. The molecule has 2 heterocycles. The van der Waals surface area contributed by atoms with E-state index in [4.69, 9.17) is 0 Å². The van der Waals surface area contributed by atoms with Gasteiger partial charge < -0.3 is 0 Å². The molecule has 1 aliphatic rings. The molecule has 0 spiro atoms. The van der Waals surface area contributed by atoms with Crippen LogP contribution in [0, 0.1) is 11.8 Å². The van der Waals surface area contributed by atoms with Crippen LogP contribution in [0.3, 0.4) is 0 Å². The van der Waals surface area contributed by atoms with Crippen LogP contribution in [0.2, 0.25) is 0 Å². The second kappa shape index (κ2) is 4.18. The van der Waals surface area contributed by atoms with E-state index in [-0.39, 0.29) is 4.90 Å². The molecule has 2 atom stereocenters. The molecule has 90 valence electrons. The zero-order valence-electron chi connectivity index (χ0n) is 9.55. The first-order valence-corrected chi connectivity index (χ1v) is 6.93. The van der Waals surface area contributed by atoms with Gasteiger partial charge in [-0.2, -0.15) is 9.40 Å². The summed E-state index contributed by atoms with van der Waals surface area (Å²) in [6, 6.07) is 0. The lowest BCUT2D eigenvalue weighted by molar-refractivity contribution is 0.222. The highest BCUT2D eigenvalue weighted by molar-refractivity contribution is 7.89. The lowest BCUT2D eigenvalue weighted by Crippen LogP contribution is -2.42. The minimum Gasteiger partial charge on any atom is -0.284 e. The van der Waals surface area contributed by atoms with Gasteiger partial charge in [-0.05, 0) is 18.3 Å². The Morgan fingerprint density at radius 3 is 2.50 bits per heavy atom. The maximum absolute atomic E-state index is 12.2. The van der Waals surface area contributed by atoms with Gasteiger partial charge in [-0.1, -0.05) is 13.8 Å². The molecule has 0 amide bonds. The van der Waals surface area contributed by atoms with E-state index in [1.807, 2.05) is 0 Å². The van der Waals surface area contributed by atoms with Gasteiger partial charge >= 0.3 is 0 Å². The standard InChI is InChI=1S/C10H17N3O2S/c1-8-3-9(2)7-13(6-8)16(14,15)10-4-11-12-5-10/h4-5,8-9H,3,6-7H2,1-2H3,(H,11,12). The number of hydrogen-bond acceptors (Lipinski definition) is 3. The van der Waals surface area contributed by atoms with E-state index in [0.717, 1.165) is 6.42 Å². The third kappa shape index (κ3) is 2.12. The number of aromatic nitrogens is 2. The van der Waals surface area contributed by atoms with Gasteiger partial charge in [0.2, 0.25) is 10.0 Å². The molecule has 6 heteroatoms. The number of aromatic amines is 1. The van der Waals surface area contributed by atoms with Gasteiger partial charge in [0.25, 0.3) is 0 Å². The molecule has 2 unspecified atom stereocenters. The molecule has 2 rings (SSSR count). The summed E-state index contributed by atoms with van der Waals surface area (Å²) in [6.45, 7) is 5.40. The van der Waals surface area contributed by atoms with Crippen molar-refractivity contribution in [2.45, 2.75) is 25.2 Å². The van der Waals surface area contributed by atoms with Crippen LogP contribution >= 0.6 is 0 Å². The van der Waals surface area contributed by atoms with Crippen molar-refractivity contribution in [2.75, 3.05) is 13.1 Å². The maximum atomic E-state index is 12.2. The quantitative estimate of drug-likeness (QED) is 0.845. The molecule has 1 aromatic heterocycles. The Hall–Kier alpha value is -0.880. The number of H-pyrrole nitrogens is 1. The van der Waals surface area contributed by atoms with E-state index in [2.05, 4.69) is 24.0 Å². The van der Waals surface area contributed by atoms with E-state index in [1.165, 1.54) is 12.4 Å². The molecule has 1 aliphatic heterocycles. The lowest BCUT2D eigenvalue weighted by atomic mass is 9.94. The van der Waals surface area contributed by atoms with E-state index in [9.17, 15) is 8.42 Å². The molecule has 1 N–H and O–H groups in total. The molecule has 16 heavy (non-hydrogen) atoms. The highest BCUT2D eigenvalue weighted by atomic mass is 32.2. The Morgan fingerprint density at radius 2 is 2.00 bits per heavy atom. The first kappa shape index (κ1) is 11.6. The number of nitrogens with one attached hydrogen (secondary N) is 1. The van der Waals surface area contributed by atoms with Crippen LogP contribution in [0.15, 0.2) is 17.3 Å². The van der Waals surface area contributed by atoms with Crippen molar-refractivity contribution in [3.63, 3.8) is 0 Å². The SMILES string of the molecule is CC1CC(C)CN(S(=O)(=O)c2cn[nH]c2)C1. The second-order valence-electron chi connectivity index (χ2n) is 4.70.